The highest BCUT2D eigenvalue weighted by Gasteiger charge is 2.30. The summed E-state index contributed by atoms with van der Waals surface area (Å²) < 4.78 is 29.6. The molecule has 0 atom stereocenters. The average Bonchev–Trinajstić information content (AvgIpc) is 3.20. The summed E-state index contributed by atoms with van der Waals surface area (Å²) in [6.45, 7) is 4.15. The van der Waals surface area contributed by atoms with E-state index in [4.69, 9.17) is 4.98 Å². The van der Waals surface area contributed by atoms with E-state index in [-0.39, 0.29) is 0 Å². The lowest BCUT2D eigenvalue weighted by Crippen LogP contribution is -2.49. The lowest BCUT2D eigenvalue weighted by atomic mass is 10.3. The van der Waals surface area contributed by atoms with Gasteiger partial charge in [0.05, 0.1) is 11.0 Å². The maximum absolute atomic E-state index is 12.7. The van der Waals surface area contributed by atoms with Gasteiger partial charge >= 0.3 is 0 Å². The van der Waals surface area contributed by atoms with Crippen LogP contribution >= 0.6 is 11.3 Å². The predicted octanol–water partition coefficient (Wildman–Crippen LogP) is 2.45. The summed E-state index contributed by atoms with van der Waals surface area (Å²) >= 11 is 1.33. The molecular weight excluding hydrogens is 356 g/mol. The van der Waals surface area contributed by atoms with Crippen molar-refractivity contribution in [3.05, 3.63) is 41.3 Å². The van der Waals surface area contributed by atoms with Crippen molar-refractivity contribution >= 4 is 38.3 Å². The van der Waals surface area contributed by atoms with E-state index in [0.717, 1.165) is 21.9 Å². The molecule has 2 aromatic heterocycles. The number of aromatic nitrogens is 2. The number of anilines is 1. The third kappa shape index (κ3) is 2.84. The summed E-state index contributed by atoms with van der Waals surface area (Å²) in [5.74, 6) is 0.894. The molecule has 0 amide bonds. The summed E-state index contributed by atoms with van der Waals surface area (Å²) in [4.78, 5) is 7.88. The first-order valence-corrected chi connectivity index (χ1v) is 10.5. The topological polar surface area (TPSA) is 58.4 Å². The first kappa shape index (κ1) is 16.6. The van der Waals surface area contributed by atoms with Gasteiger partial charge in [0, 0.05) is 38.1 Å². The number of thiophene rings is 1. The Hall–Kier alpha value is -1.90. The van der Waals surface area contributed by atoms with Gasteiger partial charge in [0.15, 0.2) is 0 Å². The number of rotatable bonds is 3. The van der Waals surface area contributed by atoms with E-state index in [1.807, 2.05) is 44.3 Å². The fraction of sp³-hybridized carbons (Fsp3) is 0.353. The summed E-state index contributed by atoms with van der Waals surface area (Å²) in [5.41, 5.74) is 2.05. The van der Waals surface area contributed by atoms with Gasteiger partial charge in [-0.1, -0.05) is 12.1 Å². The molecule has 25 heavy (non-hydrogen) atoms. The van der Waals surface area contributed by atoms with Gasteiger partial charge in [-0.15, -0.1) is 11.3 Å². The maximum atomic E-state index is 12.7. The zero-order valence-corrected chi connectivity index (χ0v) is 15.8. The molecule has 4 rings (SSSR count). The number of nitrogens with zero attached hydrogens (tertiary/aromatic N) is 4. The molecule has 6 nitrogen and oxygen atoms in total. The fourth-order valence-corrected chi connectivity index (χ4v) is 6.08. The minimum absolute atomic E-state index is 0.432. The van der Waals surface area contributed by atoms with E-state index in [9.17, 15) is 8.42 Å². The summed E-state index contributed by atoms with van der Waals surface area (Å²) in [7, 11) is -1.38. The molecule has 0 spiro atoms. The summed E-state index contributed by atoms with van der Waals surface area (Å²) in [6, 6.07) is 11.6. The summed E-state index contributed by atoms with van der Waals surface area (Å²) in [6.07, 6.45) is 0. The molecule has 1 aliphatic rings. The van der Waals surface area contributed by atoms with Gasteiger partial charge in [0.2, 0.25) is 5.95 Å². The number of fused-ring (bicyclic) bond motifs is 1. The van der Waals surface area contributed by atoms with Gasteiger partial charge in [-0.2, -0.15) is 4.31 Å². The molecule has 132 valence electrons. The number of benzene rings is 1. The smallest absolute Gasteiger partial charge is 0.252 e. The minimum Gasteiger partial charge on any atom is -0.340 e. The number of aryl methyl sites for hydroxylation is 2. The molecule has 8 heteroatoms. The number of piperazine rings is 1. The number of hydrogen-bond donors (Lipinski definition) is 0. The van der Waals surface area contributed by atoms with Gasteiger partial charge < -0.3 is 9.47 Å². The highest BCUT2D eigenvalue weighted by atomic mass is 32.2. The number of imidazole rings is 1. The zero-order chi connectivity index (χ0) is 17.6. The number of hydrogen-bond acceptors (Lipinski definition) is 5. The van der Waals surface area contributed by atoms with Gasteiger partial charge in [-0.3, -0.25) is 0 Å². The SMILES string of the molecule is Cc1ccc(S(=O)(=O)N2CCN(c3nc4ccccc4n3C)CC2)s1. The Balaban J connectivity index is 1.54. The first-order valence-electron chi connectivity index (χ1n) is 8.20. The van der Waals surface area contributed by atoms with Crippen molar-refractivity contribution in [3.8, 4) is 0 Å². The Kier molecular flexibility index (Phi) is 4.05. The van der Waals surface area contributed by atoms with Crippen molar-refractivity contribution in [3.63, 3.8) is 0 Å². The molecule has 0 unspecified atom stereocenters. The molecule has 0 saturated carbocycles. The van der Waals surface area contributed by atoms with Crippen LogP contribution in [0.5, 0.6) is 0 Å². The van der Waals surface area contributed by atoms with Gasteiger partial charge in [-0.25, -0.2) is 13.4 Å². The van der Waals surface area contributed by atoms with Crippen LogP contribution < -0.4 is 4.90 Å². The van der Waals surface area contributed by atoms with Crippen LogP contribution in [0.1, 0.15) is 4.88 Å². The van der Waals surface area contributed by atoms with Crippen LogP contribution in [0.4, 0.5) is 5.95 Å². The second-order valence-corrected chi connectivity index (χ2v) is 9.67. The Morgan fingerprint density at radius 2 is 1.76 bits per heavy atom. The van der Waals surface area contributed by atoms with Crippen molar-refractivity contribution < 1.29 is 8.42 Å². The van der Waals surface area contributed by atoms with Crippen LogP contribution in [-0.2, 0) is 17.1 Å². The van der Waals surface area contributed by atoms with Crippen molar-refractivity contribution in [1.82, 2.24) is 13.9 Å². The Morgan fingerprint density at radius 3 is 2.40 bits per heavy atom. The van der Waals surface area contributed by atoms with E-state index < -0.39 is 10.0 Å². The molecular formula is C17H20N4O2S2. The standard InChI is InChI=1S/C17H20N4O2S2/c1-13-7-8-16(24-13)25(22,23)21-11-9-20(10-12-21)17-18-14-5-3-4-6-15(14)19(17)2/h3-8H,9-12H2,1-2H3. The van der Waals surface area contributed by atoms with Crippen LogP contribution in [0.2, 0.25) is 0 Å². The van der Waals surface area contributed by atoms with Crippen LogP contribution in [0.15, 0.2) is 40.6 Å². The second-order valence-electron chi connectivity index (χ2n) is 6.22. The van der Waals surface area contributed by atoms with E-state index >= 15 is 0 Å². The first-order chi connectivity index (χ1) is 12.0. The van der Waals surface area contributed by atoms with Gasteiger partial charge in [0.1, 0.15) is 4.21 Å². The lowest BCUT2D eigenvalue weighted by molar-refractivity contribution is 0.382. The third-order valence-corrected chi connectivity index (χ3v) is 7.96. The third-order valence-electron chi connectivity index (χ3n) is 4.59. The molecule has 0 aliphatic carbocycles. The molecule has 1 aliphatic heterocycles. The average molecular weight is 377 g/mol. The lowest BCUT2D eigenvalue weighted by Gasteiger charge is -2.34. The molecule has 1 fully saturated rings. The molecule has 0 N–H and O–H groups in total. The predicted molar refractivity (Wildman–Crippen MR) is 101 cm³/mol. The quantitative estimate of drug-likeness (QED) is 0.705. The molecule has 3 heterocycles. The molecule has 0 radical (unpaired) electrons. The van der Waals surface area contributed by atoms with Gasteiger partial charge in [-0.05, 0) is 31.2 Å². The highest BCUT2D eigenvalue weighted by Crippen LogP contribution is 2.27. The number of para-hydroxylation sites is 2. The van der Waals surface area contributed by atoms with E-state index in [2.05, 4.69) is 9.47 Å². The molecule has 1 aromatic carbocycles. The largest absolute Gasteiger partial charge is 0.340 e. The van der Waals surface area contributed by atoms with Crippen molar-refractivity contribution in [2.45, 2.75) is 11.1 Å². The van der Waals surface area contributed by atoms with Crippen LogP contribution in [-0.4, -0.2) is 48.5 Å². The van der Waals surface area contributed by atoms with E-state index in [1.54, 1.807) is 10.4 Å². The minimum atomic E-state index is -3.38. The zero-order valence-electron chi connectivity index (χ0n) is 14.2. The Morgan fingerprint density at radius 1 is 1.04 bits per heavy atom. The molecule has 3 aromatic rings. The van der Waals surface area contributed by atoms with Crippen molar-refractivity contribution in [2.75, 3.05) is 31.1 Å². The van der Waals surface area contributed by atoms with Crippen LogP contribution in [0.3, 0.4) is 0 Å². The maximum Gasteiger partial charge on any atom is 0.252 e. The molecule has 1 saturated heterocycles. The van der Waals surface area contributed by atoms with E-state index in [0.29, 0.717) is 30.4 Å². The van der Waals surface area contributed by atoms with Crippen molar-refractivity contribution in [1.29, 1.82) is 0 Å². The second kappa shape index (κ2) is 6.12. The van der Waals surface area contributed by atoms with Gasteiger partial charge in [0.25, 0.3) is 10.0 Å². The monoisotopic (exact) mass is 376 g/mol. The fourth-order valence-electron chi connectivity index (χ4n) is 3.22. The summed E-state index contributed by atoms with van der Waals surface area (Å²) in [5, 5.41) is 0. The van der Waals surface area contributed by atoms with Crippen molar-refractivity contribution in [2.24, 2.45) is 7.05 Å². The number of sulfonamides is 1. The van der Waals surface area contributed by atoms with E-state index in [1.165, 1.54) is 11.3 Å². The van der Waals surface area contributed by atoms with Crippen LogP contribution in [0, 0.1) is 6.92 Å². The van der Waals surface area contributed by atoms with Crippen LogP contribution in [0.25, 0.3) is 11.0 Å². The Labute approximate surface area is 151 Å². The normalized spacial score (nSPS) is 16.6. The Bertz CT molecular complexity index is 1010. The highest BCUT2D eigenvalue weighted by molar-refractivity contribution is 7.91. The molecule has 0 bridgehead atoms.